The summed E-state index contributed by atoms with van der Waals surface area (Å²) in [7, 11) is 0. The van der Waals surface area contributed by atoms with Crippen molar-refractivity contribution in [2.75, 3.05) is 0 Å². The minimum Gasteiger partial charge on any atom is -0.484 e. The van der Waals surface area contributed by atoms with Gasteiger partial charge in [-0.1, -0.05) is 23.7 Å². The molecule has 0 aliphatic heterocycles. The first kappa shape index (κ1) is 13.8. The Morgan fingerprint density at radius 1 is 1.43 bits per heavy atom. The standard InChI is InChI=1S/C13H14ClN5O2/c14-10-3-1-2-4-11(10)21-8-12-16-17-18-19(12)7-13(20)15-9-5-6-9/h1-4,9H,5-8H2,(H,15,20). The molecule has 110 valence electrons. The van der Waals surface area contributed by atoms with Gasteiger partial charge in [-0.3, -0.25) is 4.79 Å². The quantitative estimate of drug-likeness (QED) is 0.866. The van der Waals surface area contributed by atoms with Crippen LogP contribution in [0.5, 0.6) is 5.75 Å². The zero-order valence-corrected chi connectivity index (χ0v) is 12.0. The molecule has 0 saturated heterocycles. The van der Waals surface area contributed by atoms with Gasteiger partial charge >= 0.3 is 0 Å². The highest BCUT2D eigenvalue weighted by Gasteiger charge is 2.23. The summed E-state index contributed by atoms with van der Waals surface area (Å²) < 4.78 is 7.00. The summed E-state index contributed by atoms with van der Waals surface area (Å²) in [5.74, 6) is 0.931. The molecule has 0 unspecified atom stereocenters. The number of carbonyl (C=O) groups is 1. The number of nitrogens with one attached hydrogen (secondary N) is 1. The second kappa shape index (κ2) is 6.09. The lowest BCUT2D eigenvalue weighted by molar-refractivity contribution is -0.122. The molecule has 1 N–H and O–H groups in total. The van der Waals surface area contributed by atoms with Crippen molar-refractivity contribution in [2.24, 2.45) is 0 Å². The van der Waals surface area contributed by atoms with Crippen LogP contribution in [-0.4, -0.2) is 32.2 Å². The number of ether oxygens (including phenoxy) is 1. The maximum Gasteiger partial charge on any atom is 0.242 e. The van der Waals surface area contributed by atoms with Gasteiger partial charge < -0.3 is 10.1 Å². The van der Waals surface area contributed by atoms with Gasteiger partial charge in [0.25, 0.3) is 0 Å². The number of hydrogen-bond donors (Lipinski definition) is 1. The topological polar surface area (TPSA) is 81.9 Å². The van der Waals surface area contributed by atoms with E-state index < -0.39 is 0 Å². The number of carbonyl (C=O) groups excluding carboxylic acids is 1. The van der Waals surface area contributed by atoms with E-state index in [2.05, 4.69) is 20.8 Å². The van der Waals surface area contributed by atoms with E-state index in [1.54, 1.807) is 12.1 Å². The monoisotopic (exact) mass is 307 g/mol. The fraction of sp³-hybridized carbons (Fsp3) is 0.385. The SMILES string of the molecule is O=C(Cn1nnnc1COc1ccccc1Cl)NC1CC1. The summed E-state index contributed by atoms with van der Waals surface area (Å²) in [5, 5.41) is 14.6. The molecule has 1 aromatic heterocycles. The fourth-order valence-electron chi connectivity index (χ4n) is 1.79. The molecule has 0 bridgehead atoms. The van der Waals surface area contributed by atoms with Gasteiger partial charge in [-0.15, -0.1) is 5.10 Å². The van der Waals surface area contributed by atoms with Crippen LogP contribution < -0.4 is 10.1 Å². The van der Waals surface area contributed by atoms with E-state index in [9.17, 15) is 4.79 Å². The highest BCUT2D eigenvalue weighted by molar-refractivity contribution is 6.32. The number of tetrazole rings is 1. The predicted octanol–water partition coefficient (Wildman–Crippen LogP) is 1.18. The van der Waals surface area contributed by atoms with E-state index in [4.69, 9.17) is 16.3 Å². The molecule has 1 aliphatic carbocycles. The molecule has 2 aromatic rings. The van der Waals surface area contributed by atoms with E-state index in [1.807, 2.05) is 12.1 Å². The first-order valence-electron chi connectivity index (χ1n) is 6.64. The molecule has 0 atom stereocenters. The van der Waals surface area contributed by atoms with Crippen LogP contribution in [-0.2, 0) is 17.9 Å². The summed E-state index contributed by atoms with van der Waals surface area (Å²) in [6.45, 7) is 0.234. The smallest absolute Gasteiger partial charge is 0.242 e. The van der Waals surface area contributed by atoms with Crippen molar-refractivity contribution in [3.8, 4) is 5.75 Å². The molecule has 1 amide bonds. The van der Waals surface area contributed by atoms with Crippen molar-refractivity contribution in [2.45, 2.75) is 32.0 Å². The molecule has 1 saturated carbocycles. The van der Waals surface area contributed by atoms with Gasteiger partial charge in [0.1, 0.15) is 18.9 Å². The first-order valence-corrected chi connectivity index (χ1v) is 7.02. The molecule has 0 radical (unpaired) electrons. The summed E-state index contributed by atoms with van der Waals surface area (Å²) >= 11 is 6.01. The highest BCUT2D eigenvalue weighted by atomic mass is 35.5. The number of para-hydroxylation sites is 1. The molecule has 1 heterocycles. The lowest BCUT2D eigenvalue weighted by Gasteiger charge is -2.08. The molecule has 3 rings (SSSR count). The van der Waals surface area contributed by atoms with E-state index in [0.29, 0.717) is 22.6 Å². The third kappa shape index (κ3) is 3.69. The Hall–Kier alpha value is -2.15. The lowest BCUT2D eigenvalue weighted by atomic mass is 10.3. The third-order valence-electron chi connectivity index (χ3n) is 3.04. The van der Waals surface area contributed by atoms with Gasteiger partial charge in [0.2, 0.25) is 5.91 Å². The lowest BCUT2D eigenvalue weighted by Crippen LogP contribution is -2.30. The Morgan fingerprint density at radius 2 is 2.24 bits per heavy atom. The van der Waals surface area contributed by atoms with E-state index in [1.165, 1.54) is 4.68 Å². The van der Waals surface area contributed by atoms with Crippen LogP contribution in [0, 0.1) is 0 Å². The Labute approximate surface area is 126 Å². The molecule has 1 aromatic carbocycles. The Kier molecular flexibility index (Phi) is 4.01. The van der Waals surface area contributed by atoms with Crippen LogP contribution in [0.3, 0.4) is 0 Å². The van der Waals surface area contributed by atoms with Gasteiger partial charge in [-0.05, 0) is 35.4 Å². The number of amides is 1. The maximum atomic E-state index is 11.8. The zero-order chi connectivity index (χ0) is 14.7. The summed E-state index contributed by atoms with van der Waals surface area (Å²) in [4.78, 5) is 11.8. The van der Waals surface area contributed by atoms with Gasteiger partial charge in [0, 0.05) is 6.04 Å². The third-order valence-corrected chi connectivity index (χ3v) is 3.35. The number of rotatable bonds is 6. The summed E-state index contributed by atoms with van der Waals surface area (Å²) in [5.41, 5.74) is 0. The van der Waals surface area contributed by atoms with Crippen LogP contribution in [0.4, 0.5) is 0 Å². The average molecular weight is 308 g/mol. The second-order valence-corrected chi connectivity index (χ2v) is 5.22. The van der Waals surface area contributed by atoms with Crippen molar-refractivity contribution in [3.05, 3.63) is 35.1 Å². The molecule has 7 nitrogen and oxygen atoms in total. The largest absolute Gasteiger partial charge is 0.484 e. The number of halogens is 1. The molecule has 0 spiro atoms. The van der Waals surface area contributed by atoms with E-state index in [-0.39, 0.29) is 19.1 Å². The van der Waals surface area contributed by atoms with Gasteiger partial charge in [0.05, 0.1) is 5.02 Å². The predicted molar refractivity (Wildman–Crippen MR) is 74.8 cm³/mol. The zero-order valence-electron chi connectivity index (χ0n) is 11.2. The number of nitrogens with zero attached hydrogens (tertiary/aromatic N) is 4. The fourth-order valence-corrected chi connectivity index (χ4v) is 1.98. The summed E-state index contributed by atoms with van der Waals surface area (Å²) in [6, 6.07) is 7.46. The molecule has 1 fully saturated rings. The molecular weight excluding hydrogens is 294 g/mol. The van der Waals surface area contributed by atoms with Crippen LogP contribution in [0.2, 0.25) is 5.02 Å². The van der Waals surface area contributed by atoms with Gasteiger partial charge in [0.15, 0.2) is 5.82 Å². The highest BCUT2D eigenvalue weighted by Crippen LogP contribution is 2.23. The normalized spacial score (nSPS) is 14.0. The molecule has 8 heteroatoms. The van der Waals surface area contributed by atoms with Gasteiger partial charge in [-0.2, -0.15) is 0 Å². The maximum absolute atomic E-state index is 11.8. The van der Waals surface area contributed by atoms with E-state index >= 15 is 0 Å². The molecule has 1 aliphatic rings. The van der Waals surface area contributed by atoms with Crippen LogP contribution in [0.25, 0.3) is 0 Å². The first-order chi connectivity index (χ1) is 10.2. The van der Waals surface area contributed by atoms with Crippen LogP contribution >= 0.6 is 11.6 Å². The second-order valence-electron chi connectivity index (χ2n) is 4.81. The van der Waals surface area contributed by atoms with Crippen LogP contribution in [0.1, 0.15) is 18.7 Å². The van der Waals surface area contributed by atoms with Crippen LogP contribution in [0.15, 0.2) is 24.3 Å². The molecular formula is C13H14ClN5O2. The van der Waals surface area contributed by atoms with Crippen molar-refractivity contribution < 1.29 is 9.53 Å². The molecule has 21 heavy (non-hydrogen) atoms. The minimum atomic E-state index is -0.0937. The number of hydrogen-bond acceptors (Lipinski definition) is 5. The van der Waals surface area contributed by atoms with E-state index in [0.717, 1.165) is 12.8 Å². The van der Waals surface area contributed by atoms with Crippen molar-refractivity contribution in [1.29, 1.82) is 0 Å². The van der Waals surface area contributed by atoms with Gasteiger partial charge in [-0.25, -0.2) is 4.68 Å². The Morgan fingerprint density at radius 3 is 3.00 bits per heavy atom. The van der Waals surface area contributed by atoms with Crippen molar-refractivity contribution in [3.63, 3.8) is 0 Å². The van der Waals surface area contributed by atoms with Crippen molar-refractivity contribution in [1.82, 2.24) is 25.5 Å². The van der Waals surface area contributed by atoms with Crippen molar-refractivity contribution >= 4 is 17.5 Å². The average Bonchev–Trinajstić information content (AvgIpc) is 3.16. The Balaban J connectivity index is 1.59. The summed E-state index contributed by atoms with van der Waals surface area (Å²) in [6.07, 6.45) is 2.09. The minimum absolute atomic E-state index is 0.0880. The number of aromatic nitrogens is 4. The number of benzene rings is 1. The Bertz CT molecular complexity index is 641.